The van der Waals surface area contributed by atoms with Gasteiger partial charge in [0.25, 0.3) is 5.91 Å². The number of hydrogen-bond donors (Lipinski definition) is 1. The highest BCUT2D eigenvalue weighted by molar-refractivity contribution is 5.94. The average Bonchev–Trinajstić information content (AvgIpc) is 3.50. The molecule has 9 nitrogen and oxygen atoms in total. The zero-order valence-electron chi connectivity index (χ0n) is 17.0. The van der Waals surface area contributed by atoms with Crippen LogP contribution in [0.25, 0.3) is 0 Å². The Balaban J connectivity index is 1.38. The molecular formula is C20H28N6O3. The third-order valence-corrected chi connectivity index (χ3v) is 6.29. The number of hydrogen-bond acceptors (Lipinski definition) is 5. The van der Waals surface area contributed by atoms with Crippen molar-refractivity contribution < 1.29 is 14.1 Å². The molecule has 2 aromatic rings. The molecule has 0 spiro atoms. The minimum Gasteiger partial charge on any atom is -0.361 e. The van der Waals surface area contributed by atoms with Gasteiger partial charge in [-0.2, -0.15) is 5.10 Å². The molecule has 4 heterocycles. The fraction of sp³-hybridized carbons (Fsp3) is 0.600. The lowest BCUT2D eigenvalue weighted by Crippen LogP contribution is -2.44. The lowest BCUT2D eigenvalue weighted by atomic mass is 9.84. The van der Waals surface area contributed by atoms with Gasteiger partial charge in [0.15, 0.2) is 5.69 Å². The molecule has 3 amide bonds. The van der Waals surface area contributed by atoms with E-state index in [0.717, 1.165) is 51.0 Å². The van der Waals surface area contributed by atoms with Crippen LogP contribution in [0.1, 0.15) is 41.1 Å². The van der Waals surface area contributed by atoms with Crippen LogP contribution in [0.5, 0.6) is 0 Å². The molecule has 4 rings (SSSR count). The van der Waals surface area contributed by atoms with Crippen LogP contribution in [0.4, 0.5) is 4.79 Å². The molecule has 1 unspecified atom stereocenters. The van der Waals surface area contributed by atoms with Gasteiger partial charge in [-0.05, 0) is 44.1 Å². The third-order valence-electron chi connectivity index (χ3n) is 6.29. The van der Waals surface area contributed by atoms with Crippen molar-refractivity contribution in [3.63, 3.8) is 0 Å². The molecule has 2 aliphatic rings. The molecule has 1 atom stereocenters. The molecule has 0 aromatic carbocycles. The maximum Gasteiger partial charge on any atom is 0.317 e. The number of nitrogens with zero attached hydrogens (tertiary/aromatic N) is 5. The summed E-state index contributed by atoms with van der Waals surface area (Å²) in [7, 11) is 1.67. The zero-order valence-corrected chi connectivity index (χ0v) is 17.0. The Morgan fingerprint density at radius 3 is 2.59 bits per heavy atom. The monoisotopic (exact) mass is 400 g/mol. The number of likely N-dealkylation sites (tertiary alicyclic amines) is 2. The van der Waals surface area contributed by atoms with E-state index in [1.807, 2.05) is 29.0 Å². The molecule has 156 valence electrons. The molecule has 0 radical (unpaired) electrons. The van der Waals surface area contributed by atoms with E-state index < -0.39 is 0 Å². The van der Waals surface area contributed by atoms with E-state index in [1.54, 1.807) is 17.9 Å². The van der Waals surface area contributed by atoms with Crippen molar-refractivity contribution >= 4 is 11.9 Å². The molecule has 2 aliphatic heterocycles. The maximum absolute atomic E-state index is 13.1. The number of carbonyl (C=O) groups excluding carboxylic acids is 2. The predicted octanol–water partition coefficient (Wildman–Crippen LogP) is 1.74. The first-order chi connectivity index (χ1) is 14.1. The summed E-state index contributed by atoms with van der Waals surface area (Å²) < 4.78 is 7.10. The SMILES string of the molecule is CNC(=O)N1CCC(C2CCN(C(=O)c3noc(C)c3Cn3cccn3)C2)CC1. The molecule has 9 heteroatoms. The van der Waals surface area contributed by atoms with E-state index in [2.05, 4.69) is 15.6 Å². The maximum atomic E-state index is 13.1. The Labute approximate surface area is 170 Å². The second-order valence-corrected chi connectivity index (χ2v) is 7.95. The van der Waals surface area contributed by atoms with Gasteiger partial charge in [-0.15, -0.1) is 0 Å². The predicted molar refractivity (Wildman–Crippen MR) is 105 cm³/mol. The fourth-order valence-corrected chi connectivity index (χ4v) is 4.54. The summed E-state index contributed by atoms with van der Waals surface area (Å²) in [6.45, 7) is 5.35. The Bertz CT molecular complexity index is 854. The number of aromatic nitrogens is 3. The van der Waals surface area contributed by atoms with Crippen molar-refractivity contribution in [2.75, 3.05) is 33.2 Å². The smallest absolute Gasteiger partial charge is 0.317 e. The largest absolute Gasteiger partial charge is 0.361 e. The van der Waals surface area contributed by atoms with E-state index in [1.165, 1.54) is 0 Å². The standard InChI is InChI=1S/C20H28N6O3/c1-14-17(13-26-8-3-7-22-26)18(23-29-14)19(27)25-11-6-16(12-25)15-4-9-24(10-5-15)20(28)21-2/h3,7-8,15-16H,4-6,9-13H2,1-2H3,(H,21,28). The lowest BCUT2D eigenvalue weighted by Gasteiger charge is -2.34. The highest BCUT2D eigenvalue weighted by atomic mass is 16.5. The van der Waals surface area contributed by atoms with E-state index >= 15 is 0 Å². The summed E-state index contributed by atoms with van der Waals surface area (Å²) >= 11 is 0. The van der Waals surface area contributed by atoms with E-state index in [-0.39, 0.29) is 11.9 Å². The quantitative estimate of drug-likeness (QED) is 0.843. The number of rotatable bonds is 4. The van der Waals surface area contributed by atoms with Gasteiger partial charge in [0.2, 0.25) is 0 Å². The van der Waals surface area contributed by atoms with Gasteiger partial charge in [0.05, 0.1) is 6.54 Å². The van der Waals surface area contributed by atoms with Crippen LogP contribution in [-0.2, 0) is 6.54 Å². The van der Waals surface area contributed by atoms with Gasteiger partial charge in [-0.25, -0.2) is 4.79 Å². The van der Waals surface area contributed by atoms with Crippen molar-refractivity contribution in [2.24, 2.45) is 11.8 Å². The van der Waals surface area contributed by atoms with E-state index in [0.29, 0.717) is 29.8 Å². The van der Waals surface area contributed by atoms with Crippen LogP contribution < -0.4 is 5.32 Å². The Hall–Kier alpha value is -2.84. The minimum atomic E-state index is -0.0608. The topological polar surface area (TPSA) is 96.5 Å². The first kappa shape index (κ1) is 19.5. The molecule has 2 aromatic heterocycles. The summed E-state index contributed by atoms with van der Waals surface area (Å²) in [5.41, 5.74) is 1.19. The number of nitrogens with one attached hydrogen (secondary N) is 1. The zero-order chi connectivity index (χ0) is 20.4. The van der Waals surface area contributed by atoms with Crippen LogP contribution in [-0.4, -0.2) is 69.9 Å². The van der Waals surface area contributed by atoms with Crippen LogP contribution in [0.15, 0.2) is 23.0 Å². The molecule has 2 fully saturated rings. The molecule has 1 N–H and O–H groups in total. The summed E-state index contributed by atoms with van der Waals surface area (Å²) in [5, 5.41) is 11.0. The van der Waals surface area contributed by atoms with Crippen molar-refractivity contribution in [1.29, 1.82) is 0 Å². The molecule has 0 bridgehead atoms. The Kier molecular flexibility index (Phi) is 5.55. The normalized spacial score (nSPS) is 20.3. The Morgan fingerprint density at radius 1 is 1.17 bits per heavy atom. The number of amides is 3. The first-order valence-corrected chi connectivity index (χ1v) is 10.2. The van der Waals surface area contributed by atoms with Gasteiger partial charge in [0, 0.05) is 51.2 Å². The number of carbonyl (C=O) groups is 2. The van der Waals surface area contributed by atoms with Gasteiger partial charge in [-0.1, -0.05) is 5.16 Å². The molecule has 29 heavy (non-hydrogen) atoms. The second kappa shape index (κ2) is 8.26. The summed E-state index contributed by atoms with van der Waals surface area (Å²) in [4.78, 5) is 28.7. The number of piperidine rings is 1. The fourth-order valence-electron chi connectivity index (χ4n) is 4.54. The van der Waals surface area contributed by atoms with Crippen molar-refractivity contribution in [2.45, 2.75) is 32.7 Å². The highest BCUT2D eigenvalue weighted by Gasteiger charge is 2.36. The summed E-state index contributed by atoms with van der Waals surface area (Å²) in [6.07, 6.45) is 6.56. The van der Waals surface area contributed by atoms with Crippen molar-refractivity contribution in [1.82, 2.24) is 30.1 Å². The van der Waals surface area contributed by atoms with Crippen LogP contribution in [0.2, 0.25) is 0 Å². The highest BCUT2D eigenvalue weighted by Crippen LogP contribution is 2.32. The number of urea groups is 1. The van der Waals surface area contributed by atoms with Crippen LogP contribution in [0.3, 0.4) is 0 Å². The average molecular weight is 400 g/mol. The third kappa shape index (κ3) is 3.99. The van der Waals surface area contributed by atoms with E-state index in [4.69, 9.17) is 4.52 Å². The van der Waals surface area contributed by atoms with Gasteiger partial charge in [0.1, 0.15) is 5.76 Å². The first-order valence-electron chi connectivity index (χ1n) is 10.2. The van der Waals surface area contributed by atoms with Gasteiger partial charge < -0.3 is 19.6 Å². The second-order valence-electron chi connectivity index (χ2n) is 7.95. The van der Waals surface area contributed by atoms with Crippen molar-refractivity contribution in [3.8, 4) is 0 Å². The Morgan fingerprint density at radius 2 is 1.90 bits per heavy atom. The van der Waals surface area contributed by atoms with Gasteiger partial charge in [-0.3, -0.25) is 9.48 Å². The molecule has 2 saturated heterocycles. The van der Waals surface area contributed by atoms with Crippen molar-refractivity contribution in [3.05, 3.63) is 35.5 Å². The molecule has 0 saturated carbocycles. The summed E-state index contributed by atoms with van der Waals surface area (Å²) in [5.74, 6) is 1.63. The van der Waals surface area contributed by atoms with Gasteiger partial charge >= 0.3 is 6.03 Å². The molecule has 0 aliphatic carbocycles. The van der Waals surface area contributed by atoms with Crippen LogP contribution >= 0.6 is 0 Å². The minimum absolute atomic E-state index is 0.00205. The van der Waals surface area contributed by atoms with E-state index in [9.17, 15) is 9.59 Å². The molecular weight excluding hydrogens is 372 g/mol. The van der Waals surface area contributed by atoms with Crippen LogP contribution in [0, 0.1) is 18.8 Å². The summed E-state index contributed by atoms with van der Waals surface area (Å²) in [6, 6.07) is 1.85. The lowest BCUT2D eigenvalue weighted by molar-refractivity contribution is 0.0765. The number of aryl methyl sites for hydroxylation is 1.